The summed E-state index contributed by atoms with van der Waals surface area (Å²) in [6, 6.07) is 14.6. The number of nitrogens with one attached hydrogen (secondary N) is 1. The molecule has 1 N–H and O–H groups in total. The second-order valence-corrected chi connectivity index (χ2v) is 10.3. The zero-order chi connectivity index (χ0) is 24.4. The Morgan fingerprint density at radius 1 is 1.09 bits per heavy atom. The number of rotatable bonds is 6. The number of carbonyl (C=O) groups is 2. The van der Waals surface area contributed by atoms with E-state index in [2.05, 4.69) is 10.3 Å². The molecule has 1 saturated heterocycles. The van der Waals surface area contributed by atoms with E-state index in [0.29, 0.717) is 23.7 Å². The molecule has 3 atom stereocenters. The Morgan fingerprint density at radius 2 is 1.86 bits per heavy atom. The van der Waals surface area contributed by atoms with Gasteiger partial charge in [-0.3, -0.25) is 9.59 Å². The number of hydrogen-bond donors (Lipinski definition) is 1. The van der Waals surface area contributed by atoms with Crippen LogP contribution < -0.4 is 10.1 Å². The number of likely N-dealkylation sites (tertiary alicyclic amines) is 1. The number of amides is 2. The molecule has 1 aromatic heterocycles. The van der Waals surface area contributed by atoms with Gasteiger partial charge in [0.15, 0.2) is 5.16 Å². The number of imidazole rings is 1. The molecule has 0 radical (unpaired) electrons. The first-order chi connectivity index (χ1) is 17.0. The van der Waals surface area contributed by atoms with Gasteiger partial charge >= 0.3 is 0 Å². The van der Waals surface area contributed by atoms with Crippen molar-refractivity contribution in [3.05, 3.63) is 66.5 Å². The van der Waals surface area contributed by atoms with E-state index in [-0.39, 0.29) is 17.9 Å². The predicted molar refractivity (Wildman–Crippen MR) is 136 cm³/mol. The summed E-state index contributed by atoms with van der Waals surface area (Å²) in [5, 5.41) is 3.97. The van der Waals surface area contributed by atoms with E-state index in [1.807, 2.05) is 59.1 Å². The number of anilines is 1. The number of fused-ring (bicyclic) bond motifs is 1. The van der Waals surface area contributed by atoms with Crippen molar-refractivity contribution in [2.45, 2.75) is 54.2 Å². The number of hydrogen-bond acceptors (Lipinski definition) is 5. The lowest BCUT2D eigenvalue weighted by Crippen LogP contribution is -2.47. The molecule has 2 amide bonds. The maximum Gasteiger partial charge on any atom is 0.258 e. The standard InChI is InChI=1S/C27H30N4O3S/c1-30-16-15-28-27(30)35-20-13-11-19(12-14-20)29-25(32)23-17-18-7-3-5-9-22(18)31(23)26(33)21-8-4-6-10-24(21)34-2/h4,6,8,10-16,18,22-23H,3,5,7,9,17H2,1-2H3,(H,29,32). The fourth-order valence-electron chi connectivity index (χ4n) is 5.33. The molecular formula is C27H30N4O3S. The van der Waals surface area contributed by atoms with Gasteiger partial charge in [-0.15, -0.1) is 0 Å². The lowest BCUT2D eigenvalue weighted by molar-refractivity contribution is -0.120. The highest BCUT2D eigenvalue weighted by Gasteiger charge is 2.48. The molecule has 2 aliphatic rings. The SMILES string of the molecule is COc1ccccc1C(=O)N1C(C(=O)Nc2ccc(Sc3nccn3C)cc2)CC2CCCCC21. The molecule has 2 heterocycles. The molecule has 0 spiro atoms. The Kier molecular flexibility index (Phi) is 6.81. The first-order valence-corrected chi connectivity index (χ1v) is 12.9. The molecule has 5 rings (SSSR count). The minimum absolute atomic E-state index is 0.0912. The summed E-state index contributed by atoms with van der Waals surface area (Å²) in [7, 11) is 3.53. The van der Waals surface area contributed by atoms with E-state index < -0.39 is 6.04 Å². The summed E-state index contributed by atoms with van der Waals surface area (Å²) in [4.78, 5) is 34.4. The molecule has 1 aliphatic carbocycles. The second kappa shape index (κ2) is 10.2. The largest absolute Gasteiger partial charge is 0.496 e. The third kappa shape index (κ3) is 4.80. The number of benzene rings is 2. The predicted octanol–water partition coefficient (Wildman–Crippen LogP) is 4.99. The Hall–Kier alpha value is -3.26. The van der Waals surface area contributed by atoms with Gasteiger partial charge in [0.05, 0.1) is 12.7 Å². The molecule has 35 heavy (non-hydrogen) atoms. The Labute approximate surface area is 209 Å². The van der Waals surface area contributed by atoms with E-state index in [4.69, 9.17) is 4.74 Å². The number of methoxy groups -OCH3 is 1. The molecule has 8 heteroatoms. The number of ether oxygens (including phenoxy) is 1. The van der Waals surface area contributed by atoms with Crippen LogP contribution in [0.5, 0.6) is 5.75 Å². The molecule has 3 unspecified atom stereocenters. The van der Waals surface area contributed by atoms with Crippen LogP contribution in [-0.4, -0.2) is 45.5 Å². The van der Waals surface area contributed by atoms with Crippen LogP contribution in [0.25, 0.3) is 0 Å². The van der Waals surface area contributed by atoms with Crippen molar-refractivity contribution in [3.63, 3.8) is 0 Å². The number of aromatic nitrogens is 2. The minimum Gasteiger partial charge on any atom is -0.496 e. The average molecular weight is 491 g/mol. The number of nitrogens with zero attached hydrogens (tertiary/aromatic N) is 3. The first-order valence-electron chi connectivity index (χ1n) is 12.1. The zero-order valence-corrected chi connectivity index (χ0v) is 20.8. The van der Waals surface area contributed by atoms with Gasteiger partial charge < -0.3 is 19.5 Å². The number of carbonyl (C=O) groups excluding carboxylic acids is 2. The number of aryl methyl sites for hydroxylation is 1. The Balaban J connectivity index is 1.34. The van der Waals surface area contributed by atoms with Gasteiger partial charge in [0, 0.05) is 36.1 Å². The van der Waals surface area contributed by atoms with Gasteiger partial charge in [-0.2, -0.15) is 0 Å². The van der Waals surface area contributed by atoms with Crippen molar-refractivity contribution in [3.8, 4) is 5.75 Å². The number of para-hydroxylation sites is 1. The summed E-state index contributed by atoms with van der Waals surface area (Å²) in [6.07, 6.45) is 8.62. The lowest BCUT2D eigenvalue weighted by atomic mass is 9.84. The van der Waals surface area contributed by atoms with Crippen LogP contribution >= 0.6 is 11.8 Å². The summed E-state index contributed by atoms with van der Waals surface area (Å²) in [5.74, 6) is 0.636. The van der Waals surface area contributed by atoms with Crippen LogP contribution in [0.1, 0.15) is 42.5 Å². The zero-order valence-electron chi connectivity index (χ0n) is 20.0. The monoisotopic (exact) mass is 490 g/mol. The van der Waals surface area contributed by atoms with Crippen molar-refractivity contribution in [1.82, 2.24) is 14.5 Å². The van der Waals surface area contributed by atoms with Crippen LogP contribution in [0.3, 0.4) is 0 Å². The van der Waals surface area contributed by atoms with Gasteiger partial charge in [-0.25, -0.2) is 4.98 Å². The summed E-state index contributed by atoms with van der Waals surface area (Å²) in [5.41, 5.74) is 1.23. The third-order valence-corrected chi connectivity index (χ3v) is 8.15. The molecule has 7 nitrogen and oxygen atoms in total. The fraction of sp³-hybridized carbons (Fsp3) is 0.370. The summed E-state index contributed by atoms with van der Waals surface area (Å²) in [6.45, 7) is 0. The molecule has 2 aromatic carbocycles. The van der Waals surface area contributed by atoms with Crippen LogP contribution in [0.4, 0.5) is 5.69 Å². The highest BCUT2D eigenvalue weighted by atomic mass is 32.2. The molecule has 2 fully saturated rings. The first kappa shape index (κ1) is 23.5. The highest BCUT2D eigenvalue weighted by molar-refractivity contribution is 7.99. The van der Waals surface area contributed by atoms with Crippen molar-refractivity contribution < 1.29 is 14.3 Å². The summed E-state index contributed by atoms with van der Waals surface area (Å²) < 4.78 is 7.42. The van der Waals surface area contributed by atoms with Crippen molar-refractivity contribution in [1.29, 1.82) is 0 Å². The van der Waals surface area contributed by atoms with Crippen LogP contribution in [0, 0.1) is 5.92 Å². The van der Waals surface area contributed by atoms with Crippen molar-refractivity contribution in [2.24, 2.45) is 13.0 Å². The van der Waals surface area contributed by atoms with Crippen LogP contribution in [0.15, 0.2) is 71.0 Å². The third-order valence-electron chi connectivity index (χ3n) is 7.07. The van der Waals surface area contributed by atoms with E-state index in [1.165, 1.54) is 0 Å². The summed E-state index contributed by atoms with van der Waals surface area (Å²) >= 11 is 1.57. The van der Waals surface area contributed by atoms with Gasteiger partial charge in [0.25, 0.3) is 5.91 Å². The molecular weight excluding hydrogens is 460 g/mol. The Morgan fingerprint density at radius 3 is 2.60 bits per heavy atom. The molecule has 0 bridgehead atoms. The molecule has 1 aliphatic heterocycles. The smallest absolute Gasteiger partial charge is 0.258 e. The van der Waals surface area contributed by atoms with Crippen molar-refractivity contribution in [2.75, 3.05) is 12.4 Å². The fourth-order valence-corrected chi connectivity index (χ4v) is 6.14. The maximum atomic E-state index is 13.7. The van der Waals surface area contributed by atoms with Crippen LogP contribution in [0.2, 0.25) is 0 Å². The topological polar surface area (TPSA) is 76.5 Å². The molecule has 1 saturated carbocycles. The van der Waals surface area contributed by atoms with Gasteiger partial charge in [-0.05, 0) is 61.6 Å². The van der Waals surface area contributed by atoms with E-state index in [0.717, 1.165) is 41.4 Å². The van der Waals surface area contributed by atoms with Crippen LogP contribution in [-0.2, 0) is 11.8 Å². The highest BCUT2D eigenvalue weighted by Crippen LogP contribution is 2.41. The van der Waals surface area contributed by atoms with E-state index in [9.17, 15) is 9.59 Å². The molecule has 3 aromatic rings. The molecule has 182 valence electrons. The quantitative estimate of drug-likeness (QED) is 0.527. The van der Waals surface area contributed by atoms with Gasteiger partial charge in [0.1, 0.15) is 11.8 Å². The van der Waals surface area contributed by atoms with Gasteiger partial charge in [-0.1, -0.05) is 36.7 Å². The Bertz CT molecular complexity index is 1210. The maximum absolute atomic E-state index is 13.7. The second-order valence-electron chi connectivity index (χ2n) is 9.21. The average Bonchev–Trinajstić information content (AvgIpc) is 3.48. The van der Waals surface area contributed by atoms with Gasteiger partial charge in [0.2, 0.25) is 5.91 Å². The van der Waals surface area contributed by atoms with E-state index in [1.54, 1.807) is 37.2 Å². The van der Waals surface area contributed by atoms with E-state index >= 15 is 0 Å². The normalized spacial score (nSPS) is 21.4. The minimum atomic E-state index is -0.498. The van der Waals surface area contributed by atoms with Crippen molar-refractivity contribution >= 4 is 29.3 Å². The lowest BCUT2D eigenvalue weighted by Gasteiger charge is -2.34.